The lowest BCUT2D eigenvalue weighted by atomic mass is 10.4. The first-order valence-corrected chi connectivity index (χ1v) is 4.23. The second-order valence-corrected chi connectivity index (χ2v) is 2.56. The van der Waals surface area contributed by atoms with E-state index in [4.69, 9.17) is 18.9 Å². The Kier molecular flexibility index (Phi) is 5.27. The number of ether oxygens (including phenoxy) is 4. The van der Waals surface area contributed by atoms with Gasteiger partial charge in [0.25, 0.3) is 0 Å². The molecule has 0 unspecified atom stereocenters. The molecule has 1 aliphatic heterocycles. The number of methoxy groups -OCH3 is 1. The largest absolute Gasteiger partial charge is 0.382 e. The Morgan fingerprint density at radius 2 is 1.92 bits per heavy atom. The van der Waals surface area contributed by atoms with E-state index >= 15 is 0 Å². The minimum Gasteiger partial charge on any atom is -0.382 e. The minimum absolute atomic E-state index is 0.0486. The molecule has 0 radical (unpaired) electrons. The topological polar surface area (TPSA) is 36.9 Å². The summed E-state index contributed by atoms with van der Waals surface area (Å²) in [7, 11) is 1.66. The molecule has 12 heavy (non-hydrogen) atoms. The fraction of sp³-hybridized carbons (Fsp3) is 1.00. The third-order valence-corrected chi connectivity index (χ3v) is 1.62. The first-order valence-electron chi connectivity index (χ1n) is 4.23. The Morgan fingerprint density at radius 3 is 2.58 bits per heavy atom. The third-order valence-electron chi connectivity index (χ3n) is 1.62. The van der Waals surface area contributed by atoms with Crippen LogP contribution in [-0.4, -0.2) is 46.4 Å². The maximum atomic E-state index is 5.25. The van der Waals surface area contributed by atoms with Crippen LogP contribution in [0.3, 0.4) is 0 Å². The van der Waals surface area contributed by atoms with E-state index in [1.807, 2.05) is 0 Å². The highest BCUT2D eigenvalue weighted by Crippen LogP contribution is 2.07. The van der Waals surface area contributed by atoms with Crippen LogP contribution in [0.15, 0.2) is 0 Å². The molecule has 72 valence electrons. The summed E-state index contributed by atoms with van der Waals surface area (Å²) in [4.78, 5) is 0. The SMILES string of the molecule is COCCOCCC1OCCO1. The molecule has 0 spiro atoms. The van der Waals surface area contributed by atoms with Gasteiger partial charge < -0.3 is 18.9 Å². The lowest BCUT2D eigenvalue weighted by Crippen LogP contribution is -2.12. The van der Waals surface area contributed by atoms with Crippen molar-refractivity contribution in [1.29, 1.82) is 0 Å². The smallest absolute Gasteiger partial charge is 0.160 e. The zero-order valence-corrected chi connectivity index (χ0v) is 7.45. The highest BCUT2D eigenvalue weighted by Gasteiger charge is 2.14. The van der Waals surface area contributed by atoms with Gasteiger partial charge in [-0.2, -0.15) is 0 Å². The maximum absolute atomic E-state index is 5.25. The van der Waals surface area contributed by atoms with Crippen molar-refractivity contribution in [1.82, 2.24) is 0 Å². The maximum Gasteiger partial charge on any atom is 0.160 e. The molecule has 4 nitrogen and oxygen atoms in total. The van der Waals surface area contributed by atoms with Crippen LogP contribution in [0.4, 0.5) is 0 Å². The average molecular weight is 176 g/mol. The molecule has 1 fully saturated rings. The summed E-state index contributed by atoms with van der Waals surface area (Å²) in [6.45, 7) is 3.38. The molecular weight excluding hydrogens is 160 g/mol. The van der Waals surface area contributed by atoms with Crippen LogP contribution in [-0.2, 0) is 18.9 Å². The Labute approximate surface area is 72.7 Å². The van der Waals surface area contributed by atoms with Crippen molar-refractivity contribution in [3.63, 3.8) is 0 Å². The quantitative estimate of drug-likeness (QED) is 0.549. The van der Waals surface area contributed by atoms with Gasteiger partial charge in [0.15, 0.2) is 6.29 Å². The van der Waals surface area contributed by atoms with Crippen molar-refractivity contribution in [2.24, 2.45) is 0 Å². The zero-order valence-electron chi connectivity index (χ0n) is 7.45. The van der Waals surface area contributed by atoms with Crippen LogP contribution in [0.1, 0.15) is 6.42 Å². The molecule has 0 atom stereocenters. The molecule has 1 heterocycles. The lowest BCUT2D eigenvalue weighted by Gasteiger charge is -2.08. The van der Waals surface area contributed by atoms with Gasteiger partial charge in [0.05, 0.1) is 33.0 Å². The van der Waals surface area contributed by atoms with Crippen LogP contribution in [0.25, 0.3) is 0 Å². The van der Waals surface area contributed by atoms with E-state index < -0.39 is 0 Å². The fourth-order valence-electron chi connectivity index (χ4n) is 0.998. The average Bonchev–Trinajstić information content (AvgIpc) is 2.57. The predicted octanol–water partition coefficient (Wildman–Crippen LogP) is 0.412. The summed E-state index contributed by atoms with van der Waals surface area (Å²) in [6.07, 6.45) is 0.761. The predicted molar refractivity (Wildman–Crippen MR) is 43.0 cm³/mol. The molecule has 0 saturated carbocycles. The molecule has 0 aromatic rings. The summed E-state index contributed by atoms with van der Waals surface area (Å²) in [5.41, 5.74) is 0. The van der Waals surface area contributed by atoms with Crippen molar-refractivity contribution in [2.75, 3.05) is 40.1 Å². The first-order chi connectivity index (χ1) is 5.93. The van der Waals surface area contributed by atoms with E-state index in [-0.39, 0.29) is 6.29 Å². The van der Waals surface area contributed by atoms with Crippen LogP contribution in [0, 0.1) is 0 Å². The number of hydrogen-bond acceptors (Lipinski definition) is 4. The van der Waals surface area contributed by atoms with Gasteiger partial charge in [-0.05, 0) is 0 Å². The van der Waals surface area contributed by atoms with Crippen molar-refractivity contribution < 1.29 is 18.9 Å². The second-order valence-electron chi connectivity index (χ2n) is 2.56. The van der Waals surface area contributed by atoms with Gasteiger partial charge in [-0.25, -0.2) is 0 Å². The molecule has 0 aliphatic carbocycles. The highest BCUT2D eigenvalue weighted by atomic mass is 16.7. The summed E-state index contributed by atoms with van der Waals surface area (Å²) in [6, 6.07) is 0. The standard InChI is InChI=1S/C8H16O4/c1-9-4-5-10-3-2-8-11-6-7-12-8/h8H,2-7H2,1H3. The Morgan fingerprint density at radius 1 is 1.17 bits per heavy atom. The molecule has 1 saturated heterocycles. The van der Waals surface area contributed by atoms with E-state index in [0.29, 0.717) is 33.0 Å². The Hall–Kier alpha value is -0.160. The third kappa shape index (κ3) is 4.01. The molecule has 0 N–H and O–H groups in total. The minimum atomic E-state index is -0.0486. The van der Waals surface area contributed by atoms with Gasteiger partial charge in [0.2, 0.25) is 0 Å². The van der Waals surface area contributed by atoms with E-state index in [9.17, 15) is 0 Å². The summed E-state index contributed by atoms with van der Waals surface area (Å²) >= 11 is 0. The monoisotopic (exact) mass is 176 g/mol. The van der Waals surface area contributed by atoms with Crippen molar-refractivity contribution in [3.8, 4) is 0 Å². The molecule has 0 aromatic carbocycles. The van der Waals surface area contributed by atoms with E-state index in [1.165, 1.54) is 0 Å². The summed E-state index contributed by atoms with van der Waals surface area (Å²) < 4.78 is 20.5. The van der Waals surface area contributed by atoms with Crippen molar-refractivity contribution in [3.05, 3.63) is 0 Å². The molecule has 0 aromatic heterocycles. The second kappa shape index (κ2) is 6.37. The molecule has 0 bridgehead atoms. The van der Waals surface area contributed by atoms with Gasteiger partial charge in [0.1, 0.15) is 0 Å². The van der Waals surface area contributed by atoms with Gasteiger partial charge in [0, 0.05) is 13.5 Å². The van der Waals surface area contributed by atoms with Gasteiger partial charge >= 0.3 is 0 Å². The van der Waals surface area contributed by atoms with Crippen LogP contribution in [0.2, 0.25) is 0 Å². The molecule has 1 aliphatic rings. The summed E-state index contributed by atoms with van der Waals surface area (Å²) in [5, 5.41) is 0. The normalized spacial score (nSPS) is 18.8. The number of rotatable bonds is 6. The lowest BCUT2D eigenvalue weighted by molar-refractivity contribution is -0.0640. The van der Waals surface area contributed by atoms with Crippen LogP contribution < -0.4 is 0 Å². The summed E-state index contributed by atoms with van der Waals surface area (Å²) in [5.74, 6) is 0. The van der Waals surface area contributed by atoms with Gasteiger partial charge in [-0.1, -0.05) is 0 Å². The van der Waals surface area contributed by atoms with Gasteiger partial charge in [-0.3, -0.25) is 0 Å². The van der Waals surface area contributed by atoms with Crippen molar-refractivity contribution >= 4 is 0 Å². The highest BCUT2D eigenvalue weighted by molar-refractivity contribution is 4.50. The van der Waals surface area contributed by atoms with E-state index in [1.54, 1.807) is 7.11 Å². The van der Waals surface area contributed by atoms with Crippen molar-refractivity contribution in [2.45, 2.75) is 12.7 Å². The Balaban J connectivity index is 1.81. The molecule has 1 rings (SSSR count). The van der Waals surface area contributed by atoms with Crippen LogP contribution in [0.5, 0.6) is 0 Å². The molecule has 0 amide bonds. The van der Waals surface area contributed by atoms with E-state index in [2.05, 4.69) is 0 Å². The Bertz CT molecular complexity index is 101. The zero-order chi connectivity index (χ0) is 8.65. The molecule has 4 heteroatoms. The molecular formula is C8H16O4. The van der Waals surface area contributed by atoms with Gasteiger partial charge in [-0.15, -0.1) is 0 Å². The van der Waals surface area contributed by atoms with E-state index in [0.717, 1.165) is 6.42 Å². The fourth-order valence-corrected chi connectivity index (χ4v) is 0.998. The van der Waals surface area contributed by atoms with Crippen LogP contribution >= 0.6 is 0 Å². The first kappa shape index (κ1) is 9.92. The number of hydrogen-bond donors (Lipinski definition) is 0.